The number of nitrogens with two attached hydrogens (primary N) is 1. The van der Waals surface area contributed by atoms with Gasteiger partial charge in [-0.2, -0.15) is 0 Å². The van der Waals surface area contributed by atoms with Gasteiger partial charge in [-0.15, -0.1) is 0 Å². The van der Waals surface area contributed by atoms with Gasteiger partial charge in [-0.25, -0.2) is 13.1 Å². The van der Waals surface area contributed by atoms with Gasteiger partial charge in [0.05, 0.1) is 5.75 Å². The van der Waals surface area contributed by atoms with Crippen LogP contribution in [0.2, 0.25) is 0 Å². The molecular weight excluding hydrogens is 280 g/mol. The molecule has 0 aliphatic rings. The minimum absolute atomic E-state index is 0.0461. The zero-order chi connectivity index (χ0) is 14.3. The summed E-state index contributed by atoms with van der Waals surface area (Å²) in [5.41, 5.74) is 6.90. The van der Waals surface area contributed by atoms with E-state index in [9.17, 15) is 8.42 Å². The van der Waals surface area contributed by atoms with Gasteiger partial charge in [-0.3, -0.25) is 0 Å². The van der Waals surface area contributed by atoms with Gasteiger partial charge in [0, 0.05) is 12.1 Å². The fraction of sp³-hybridized carbons (Fsp3) is 0.462. The zero-order valence-corrected chi connectivity index (χ0v) is 12.7. The fourth-order valence-electron chi connectivity index (χ4n) is 1.69. The highest BCUT2D eigenvalue weighted by Gasteiger charge is 2.11. The standard InChI is InChI=1S/C13H20N2O2S2/c1-2-3-4-8-15-19(16,17)10-11-6-5-7-12(9-11)13(14)18/h5-7,9,15H,2-4,8,10H2,1H3,(H2,14,18). The Kier molecular flexibility index (Phi) is 6.41. The SMILES string of the molecule is CCCCCNS(=O)(=O)Cc1cccc(C(N)=S)c1. The van der Waals surface area contributed by atoms with E-state index in [1.807, 2.05) is 0 Å². The highest BCUT2D eigenvalue weighted by atomic mass is 32.2. The molecule has 0 amide bonds. The van der Waals surface area contributed by atoms with Crippen molar-refractivity contribution in [3.8, 4) is 0 Å². The van der Waals surface area contributed by atoms with Crippen molar-refractivity contribution < 1.29 is 8.42 Å². The van der Waals surface area contributed by atoms with E-state index in [0.717, 1.165) is 19.3 Å². The Bertz CT molecular complexity index is 527. The largest absolute Gasteiger partial charge is 0.389 e. The van der Waals surface area contributed by atoms with Gasteiger partial charge in [0.25, 0.3) is 0 Å². The predicted molar refractivity (Wildman–Crippen MR) is 82.5 cm³/mol. The summed E-state index contributed by atoms with van der Waals surface area (Å²) in [6, 6.07) is 7.00. The van der Waals surface area contributed by atoms with Crippen LogP contribution in [0.1, 0.15) is 37.3 Å². The molecule has 0 radical (unpaired) electrons. The van der Waals surface area contributed by atoms with Crippen molar-refractivity contribution in [2.45, 2.75) is 31.9 Å². The van der Waals surface area contributed by atoms with Crippen LogP contribution in [0.4, 0.5) is 0 Å². The normalized spacial score (nSPS) is 11.4. The van der Waals surface area contributed by atoms with Crippen LogP contribution in [0.3, 0.4) is 0 Å². The first-order chi connectivity index (χ1) is 8.94. The lowest BCUT2D eigenvalue weighted by atomic mass is 10.1. The van der Waals surface area contributed by atoms with Crippen LogP contribution < -0.4 is 10.5 Å². The van der Waals surface area contributed by atoms with Gasteiger partial charge >= 0.3 is 0 Å². The lowest BCUT2D eigenvalue weighted by Gasteiger charge is -2.07. The van der Waals surface area contributed by atoms with Crippen LogP contribution in [0, 0.1) is 0 Å². The summed E-state index contributed by atoms with van der Waals surface area (Å²) in [4.78, 5) is 0.273. The van der Waals surface area contributed by atoms with Crippen molar-refractivity contribution >= 4 is 27.2 Å². The molecule has 0 saturated carbocycles. The zero-order valence-electron chi connectivity index (χ0n) is 11.1. The lowest BCUT2D eigenvalue weighted by molar-refractivity contribution is 0.575. The molecule has 0 aliphatic carbocycles. The quantitative estimate of drug-likeness (QED) is 0.568. The second-order valence-electron chi connectivity index (χ2n) is 4.43. The number of hydrogen-bond donors (Lipinski definition) is 2. The molecule has 0 aromatic heterocycles. The number of thiocarbonyl (C=S) groups is 1. The molecule has 0 saturated heterocycles. The van der Waals surface area contributed by atoms with Gasteiger partial charge in [0.2, 0.25) is 10.0 Å². The average molecular weight is 300 g/mol. The van der Waals surface area contributed by atoms with E-state index in [4.69, 9.17) is 18.0 Å². The Balaban J connectivity index is 2.62. The maximum atomic E-state index is 11.9. The second kappa shape index (κ2) is 7.57. The number of rotatable bonds is 8. The Morgan fingerprint density at radius 3 is 2.74 bits per heavy atom. The molecule has 19 heavy (non-hydrogen) atoms. The first kappa shape index (κ1) is 16.1. The molecule has 106 valence electrons. The van der Waals surface area contributed by atoms with Gasteiger partial charge in [-0.1, -0.05) is 50.2 Å². The van der Waals surface area contributed by atoms with Gasteiger partial charge in [-0.05, 0) is 18.1 Å². The van der Waals surface area contributed by atoms with Crippen LogP contribution in [-0.4, -0.2) is 20.0 Å². The van der Waals surface area contributed by atoms with Crippen LogP contribution >= 0.6 is 12.2 Å². The van der Waals surface area contributed by atoms with Crippen LogP contribution in [0.15, 0.2) is 24.3 Å². The summed E-state index contributed by atoms with van der Waals surface area (Å²) in [5, 5.41) is 0. The molecule has 0 atom stereocenters. The first-order valence-electron chi connectivity index (χ1n) is 6.30. The summed E-state index contributed by atoms with van der Waals surface area (Å²) in [5.74, 6) is -0.0461. The maximum Gasteiger partial charge on any atom is 0.215 e. The molecule has 1 aromatic rings. The van der Waals surface area contributed by atoms with E-state index in [1.54, 1.807) is 24.3 Å². The molecular formula is C13H20N2O2S2. The molecule has 6 heteroatoms. The summed E-state index contributed by atoms with van der Waals surface area (Å²) in [6.07, 6.45) is 2.96. The molecule has 4 nitrogen and oxygen atoms in total. The third-order valence-corrected chi connectivity index (χ3v) is 4.26. The van der Waals surface area contributed by atoms with E-state index < -0.39 is 10.0 Å². The third-order valence-electron chi connectivity index (χ3n) is 2.67. The fourth-order valence-corrected chi connectivity index (χ4v) is 2.99. The molecule has 0 bridgehead atoms. The number of hydrogen-bond acceptors (Lipinski definition) is 3. The molecule has 0 unspecified atom stereocenters. The minimum atomic E-state index is -3.29. The van der Waals surface area contributed by atoms with Crippen LogP contribution in [-0.2, 0) is 15.8 Å². The molecule has 3 N–H and O–H groups in total. The van der Waals surface area contributed by atoms with E-state index in [1.165, 1.54) is 0 Å². The number of benzene rings is 1. The van der Waals surface area contributed by atoms with E-state index in [-0.39, 0.29) is 10.7 Å². The topological polar surface area (TPSA) is 72.2 Å². The van der Waals surface area contributed by atoms with E-state index >= 15 is 0 Å². The molecule has 0 spiro atoms. The van der Waals surface area contributed by atoms with Crippen LogP contribution in [0.5, 0.6) is 0 Å². The molecule has 0 heterocycles. The summed E-state index contributed by atoms with van der Waals surface area (Å²) in [6.45, 7) is 2.57. The number of sulfonamides is 1. The van der Waals surface area contributed by atoms with Gasteiger partial charge in [0.15, 0.2) is 0 Å². The highest BCUT2D eigenvalue weighted by molar-refractivity contribution is 7.88. The Morgan fingerprint density at radius 2 is 2.11 bits per heavy atom. The van der Waals surface area contributed by atoms with Crippen molar-refractivity contribution in [2.24, 2.45) is 5.73 Å². The molecule has 0 aliphatic heterocycles. The Labute approximate surface area is 120 Å². The average Bonchev–Trinajstić information content (AvgIpc) is 2.34. The van der Waals surface area contributed by atoms with Crippen molar-refractivity contribution in [3.63, 3.8) is 0 Å². The summed E-state index contributed by atoms with van der Waals surface area (Å²) in [7, 11) is -3.29. The number of nitrogens with one attached hydrogen (secondary N) is 1. The molecule has 1 rings (SSSR count). The minimum Gasteiger partial charge on any atom is -0.389 e. The second-order valence-corrected chi connectivity index (χ2v) is 6.67. The molecule has 0 fully saturated rings. The first-order valence-corrected chi connectivity index (χ1v) is 8.37. The van der Waals surface area contributed by atoms with E-state index in [0.29, 0.717) is 17.7 Å². The van der Waals surface area contributed by atoms with Crippen LogP contribution in [0.25, 0.3) is 0 Å². The monoisotopic (exact) mass is 300 g/mol. The van der Waals surface area contributed by atoms with E-state index in [2.05, 4.69) is 11.6 Å². The maximum absolute atomic E-state index is 11.9. The Morgan fingerprint density at radius 1 is 1.37 bits per heavy atom. The van der Waals surface area contributed by atoms with Gasteiger partial charge in [0.1, 0.15) is 4.99 Å². The smallest absolute Gasteiger partial charge is 0.215 e. The van der Waals surface area contributed by atoms with Crippen molar-refractivity contribution in [2.75, 3.05) is 6.54 Å². The summed E-state index contributed by atoms with van der Waals surface area (Å²) >= 11 is 4.87. The third kappa shape index (κ3) is 6.13. The van der Waals surface area contributed by atoms with Crippen molar-refractivity contribution in [1.82, 2.24) is 4.72 Å². The van der Waals surface area contributed by atoms with Crippen molar-refractivity contribution in [3.05, 3.63) is 35.4 Å². The Hall–Kier alpha value is -0.980. The number of unbranched alkanes of at least 4 members (excludes halogenated alkanes) is 2. The predicted octanol–water partition coefficient (Wildman–Crippen LogP) is 1.93. The lowest BCUT2D eigenvalue weighted by Crippen LogP contribution is -2.26. The van der Waals surface area contributed by atoms with Gasteiger partial charge < -0.3 is 5.73 Å². The summed E-state index contributed by atoms with van der Waals surface area (Å²) < 4.78 is 26.3. The highest BCUT2D eigenvalue weighted by Crippen LogP contribution is 2.09. The van der Waals surface area contributed by atoms with Crippen molar-refractivity contribution in [1.29, 1.82) is 0 Å². The molecule has 1 aromatic carbocycles.